The fourth-order valence-electron chi connectivity index (χ4n) is 1.67. The molecule has 1 amide bonds. The molecule has 0 spiro atoms. The van der Waals surface area contributed by atoms with Crippen molar-refractivity contribution in [2.45, 2.75) is 13.8 Å². The minimum absolute atomic E-state index is 0.0738. The largest absolute Gasteiger partial charge is 0.398 e. The highest BCUT2D eigenvalue weighted by atomic mass is 16.2. The minimum atomic E-state index is -0.454. The number of amides is 1. The third-order valence-electron chi connectivity index (χ3n) is 2.84. The third kappa shape index (κ3) is 2.82. The number of aromatic nitrogens is 1. The van der Waals surface area contributed by atoms with Crippen molar-refractivity contribution in [1.29, 1.82) is 0 Å². The molecule has 0 aliphatic carbocycles. The van der Waals surface area contributed by atoms with Crippen LogP contribution in [0.3, 0.4) is 0 Å². The van der Waals surface area contributed by atoms with Crippen molar-refractivity contribution < 1.29 is 4.79 Å². The number of aryl methyl sites for hydroxylation is 2. The van der Waals surface area contributed by atoms with E-state index in [0.717, 1.165) is 5.56 Å². The summed E-state index contributed by atoms with van der Waals surface area (Å²) in [6, 6.07) is 6.60. The standard InChI is InChI=1S/C14H15N3O2/c1-8-3-4-10(6-12(8)15)17-14(19)11-7-16-9(2)5-13(11)18/h3-7H,15H2,1-2H3,(H,16,18)(H,17,19). The molecule has 5 heteroatoms. The van der Waals surface area contributed by atoms with E-state index in [9.17, 15) is 9.59 Å². The van der Waals surface area contributed by atoms with Crippen LogP contribution < -0.4 is 16.5 Å². The Bertz CT molecular complexity index is 689. The first-order chi connectivity index (χ1) is 8.97. The van der Waals surface area contributed by atoms with E-state index in [4.69, 9.17) is 5.73 Å². The zero-order valence-electron chi connectivity index (χ0n) is 10.8. The van der Waals surface area contributed by atoms with Gasteiger partial charge in [-0.05, 0) is 31.5 Å². The number of benzene rings is 1. The topological polar surface area (TPSA) is 88.0 Å². The Morgan fingerprint density at radius 1 is 1.26 bits per heavy atom. The Hall–Kier alpha value is -2.56. The number of hydrogen-bond acceptors (Lipinski definition) is 3. The second-order valence-electron chi connectivity index (χ2n) is 4.42. The highest BCUT2D eigenvalue weighted by Crippen LogP contribution is 2.17. The van der Waals surface area contributed by atoms with Gasteiger partial charge in [0, 0.05) is 29.3 Å². The summed E-state index contributed by atoms with van der Waals surface area (Å²) < 4.78 is 0. The molecule has 0 radical (unpaired) electrons. The fraction of sp³-hybridized carbons (Fsp3) is 0.143. The second kappa shape index (κ2) is 4.97. The molecule has 2 aromatic rings. The van der Waals surface area contributed by atoms with Gasteiger partial charge in [0.15, 0.2) is 5.43 Å². The molecule has 0 aliphatic rings. The zero-order chi connectivity index (χ0) is 14.0. The molecule has 19 heavy (non-hydrogen) atoms. The lowest BCUT2D eigenvalue weighted by Gasteiger charge is -2.07. The van der Waals surface area contributed by atoms with Crippen LogP contribution in [0.5, 0.6) is 0 Å². The van der Waals surface area contributed by atoms with Gasteiger partial charge in [-0.1, -0.05) is 6.07 Å². The Morgan fingerprint density at radius 2 is 2.00 bits per heavy atom. The molecule has 5 nitrogen and oxygen atoms in total. The lowest BCUT2D eigenvalue weighted by Crippen LogP contribution is -2.21. The number of nitrogen functional groups attached to an aromatic ring is 1. The van der Waals surface area contributed by atoms with Crippen molar-refractivity contribution >= 4 is 17.3 Å². The van der Waals surface area contributed by atoms with Gasteiger partial charge in [-0.3, -0.25) is 9.59 Å². The van der Waals surface area contributed by atoms with Gasteiger partial charge in [-0.2, -0.15) is 0 Å². The maximum atomic E-state index is 12.0. The summed E-state index contributed by atoms with van der Waals surface area (Å²) >= 11 is 0. The van der Waals surface area contributed by atoms with Crippen molar-refractivity contribution in [3.8, 4) is 0 Å². The van der Waals surface area contributed by atoms with E-state index < -0.39 is 5.91 Å². The third-order valence-corrected chi connectivity index (χ3v) is 2.84. The highest BCUT2D eigenvalue weighted by Gasteiger charge is 2.10. The molecule has 0 atom stereocenters. The molecule has 1 aromatic heterocycles. The van der Waals surface area contributed by atoms with Crippen LogP contribution in [0.15, 0.2) is 35.3 Å². The molecule has 1 heterocycles. The van der Waals surface area contributed by atoms with Crippen LogP contribution in [0.1, 0.15) is 21.6 Å². The molecule has 98 valence electrons. The summed E-state index contributed by atoms with van der Waals surface area (Å²) in [5, 5.41) is 2.65. The van der Waals surface area contributed by atoms with Gasteiger partial charge in [0.25, 0.3) is 5.91 Å². The Balaban J connectivity index is 2.25. The van der Waals surface area contributed by atoms with Crippen molar-refractivity contribution in [2.24, 2.45) is 0 Å². The molecular weight excluding hydrogens is 242 g/mol. The van der Waals surface area contributed by atoms with E-state index in [2.05, 4.69) is 10.3 Å². The number of carbonyl (C=O) groups is 1. The maximum absolute atomic E-state index is 12.0. The number of nitrogens with two attached hydrogens (primary N) is 1. The normalized spacial score (nSPS) is 10.2. The smallest absolute Gasteiger partial charge is 0.261 e. The van der Waals surface area contributed by atoms with E-state index in [1.165, 1.54) is 12.3 Å². The number of nitrogens with one attached hydrogen (secondary N) is 2. The van der Waals surface area contributed by atoms with Gasteiger partial charge < -0.3 is 16.0 Å². The predicted octanol–water partition coefficient (Wildman–Crippen LogP) is 1.83. The lowest BCUT2D eigenvalue weighted by molar-refractivity contribution is 0.102. The summed E-state index contributed by atoms with van der Waals surface area (Å²) in [5.41, 5.74) is 8.33. The molecule has 4 N–H and O–H groups in total. The molecule has 0 unspecified atom stereocenters. The predicted molar refractivity (Wildman–Crippen MR) is 75.3 cm³/mol. The number of pyridine rings is 1. The molecule has 0 fully saturated rings. The number of anilines is 2. The van der Waals surface area contributed by atoms with Crippen LogP contribution in [0.2, 0.25) is 0 Å². The Kier molecular flexibility index (Phi) is 3.37. The SMILES string of the molecule is Cc1cc(=O)c(C(=O)Nc2ccc(C)c(N)c2)c[nH]1. The summed E-state index contributed by atoms with van der Waals surface area (Å²) in [7, 11) is 0. The summed E-state index contributed by atoms with van der Waals surface area (Å²) in [6.45, 7) is 3.63. The van der Waals surface area contributed by atoms with E-state index in [1.54, 1.807) is 19.1 Å². The van der Waals surface area contributed by atoms with E-state index in [1.807, 2.05) is 13.0 Å². The van der Waals surface area contributed by atoms with Crippen molar-refractivity contribution in [3.05, 3.63) is 57.5 Å². The van der Waals surface area contributed by atoms with Crippen LogP contribution in [-0.4, -0.2) is 10.9 Å². The summed E-state index contributed by atoms with van der Waals surface area (Å²) in [6.07, 6.45) is 1.41. The minimum Gasteiger partial charge on any atom is -0.398 e. The first-order valence-electron chi connectivity index (χ1n) is 5.84. The first-order valence-corrected chi connectivity index (χ1v) is 5.84. The van der Waals surface area contributed by atoms with E-state index in [-0.39, 0.29) is 11.0 Å². The maximum Gasteiger partial charge on any atom is 0.261 e. The molecular formula is C14H15N3O2. The van der Waals surface area contributed by atoms with Crippen LogP contribution >= 0.6 is 0 Å². The lowest BCUT2D eigenvalue weighted by atomic mass is 10.1. The van der Waals surface area contributed by atoms with Crippen LogP contribution in [0, 0.1) is 13.8 Å². The highest BCUT2D eigenvalue weighted by molar-refractivity contribution is 6.04. The van der Waals surface area contributed by atoms with Crippen molar-refractivity contribution in [3.63, 3.8) is 0 Å². The molecule has 1 aromatic carbocycles. The van der Waals surface area contributed by atoms with Crippen molar-refractivity contribution in [2.75, 3.05) is 11.1 Å². The monoisotopic (exact) mass is 257 g/mol. The average molecular weight is 257 g/mol. The molecule has 0 saturated carbocycles. The molecule has 0 saturated heterocycles. The quantitative estimate of drug-likeness (QED) is 0.717. The number of aromatic amines is 1. The number of hydrogen-bond donors (Lipinski definition) is 3. The summed E-state index contributed by atoms with van der Waals surface area (Å²) in [4.78, 5) is 26.5. The van der Waals surface area contributed by atoms with Crippen molar-refractivity contribution in [1.82, 2.24) is 4.98 Å². The van der Waals surface area contributed by atoms with E-state index >= 15 is 0 Å². The van der Waals surface area contributed by atoms with Gasteiger partial charge in [-0.15, -0.1) is 0 Å². The van der Waals surface area contributed by atoms with Gasteiger partial charge in [0.2, 0.25) is 0 Å². The number of carbonyl (C=O) groups excluding carboxylic acids is 1. The van der Waals surface area contributed by atoms with Gasteiger partial charge in [-0.25, -0.2) is 0 Å². The summed E-state index contributed by atoms with van der Waals surface area (Å²) in [5.74, 6) is -0.454. The number of rotatable bonds is 2. The Labute approximate surface area is 110 Å². The Morgan fingerprint density at radius 3 is 2.63 bits per heavy atom. The average Bonchev–Trinajstić information content (AvgIpc) is 2.33. The van der Waals surface area contributed by atoms with Gasteiger partial charge in [0.05, 0.1) is 0 Å². The molecule has 0 aliphatic heterocycles. The van der Waals surface area contributed by atoms with Crippen LogP contribution in [-0.2, 0) is 0 Å². The van der Waals surface area contributed by atoms with E-state index in [0.29, 0.717) is 17.1 Å². The molecule has 2 rings (SSSR count). The van der Waals surface area contributed by atoms with Gasteiger partial charge in [0.1, 0.15) is 5.56 Å². The second-order valence-corrected chi connectivity index (χ2v) is 4.42. The fourth-order valence-corrected chi connectivity index (χ4v) is 1.67. The van der Waals surface area contributed by atoms with Crippen LogP contribution in [0.25, 0.3) is 0 Å². The zero-order valence-corrected chi connectivity index (χ0v) is 10.8. The van der Waals surface area contributed by atoms with Crippen LogP contribution in [0.4, 0.5) is 11.4 Å². The first kappa shape index (κ1) is 12.9. The number of H-pyrrole nitrogens is 1. The van der Waals surface area contributed by atoms with Gasteiger partial charge >= 0.3 is 0 Å². The molecule has 0 bridgehead atoms.